The Morgan fingerprint density at radius 2 is 1.48 bits per heavy atom. The van der Waals surface area contributed by atoms with E-state index >= 15 is 0 Å². The van der Waals surface area contributed by atoms with Gasteiger partial charge in [-0.1, -0.05) is 18.2 Å². The zero-order chi connectivity index (χ0) is 18.2. The summed E-state index contributed by atoms with van der Waals surface area (Å²) in [5.74, 6) is -1.46. The zero-order valence-corrected chi connectivity index (χ0v) is 14.0. The van der Waals surface area contributed by atoms with Gasteiger partial charge in [0.2, 0.25) is 0 Å². The second-order valence-electron chi connectivity index (χ2n) is 5.52. The molecule has 0 saturated heterocycles. The van der Waals surface area contributed by atoms with Gasteiger partial charge in [0.05, 0.1) is 17.2 Å². The topological polar surface area (TPSA) is 81.7 Å². The van der Waals surface area contributed by atoms with Gasteiger partial charge in [0, 0.05) is 5.69 Å². The first-order valence-corrected chi connectivity index (χ1v) is 7.79. The van der Waals surface area contributed by atoms with E-state index < -0.39 is 24.5 Å². The molecular formula is C19H19NO5. The molecule has 0 aliphatic carbocycles. The van der Waals surface area contributed by atoms with Crippen LogP contribution in [0.2, 0.25) is 0 Å². The van der Waals surface area contributed by atoms with Crippen LogP contribution in [0.1, 0.15) is 34.6 Å². The fourth-order valence-corrected chi connectivity index (χ4v) is 1.96. The van der Waals surface area contributed by atoms with E-state index in [1.807, 2.05) is 0 Å². The molecule has 0 unspecified atom stereocenters. The van der Waals surface area contributed by atoms with Crippen molar-refractivity contribution in [2.75, 3.05) is 11.9 Å². The molecule has 0 radical (unpaired) electrons. The van der Waals surface area contributed by atoms with Gasteiger partial charge in [0.1, 0.15) is 0 Å². The molecule has 25 heavy (non-hydrogen) atoms. The van der Waals surface area contributed by atoms with Crippen LogP contribution in [0.25, 0.3) is 0 Å². The Bertz CT molecular complexity index is 738. The van der Waals surface area contributed by atoms with Crippen molar-refractivity contribution in [2.45, 2.75) is 20.0 Å². The van der Waals surface area contributed by atoms with Crippen molar-refractivity contribution in [1.82, 2.24) is 0 Å². The van der Waals surface area contributed by atoms with E-state index in [9.17, 15) is 14.4 Å². The zero-order valence-electron chi connectivity index (χ0n) is 14.0. The quantitative estimate of drug-likeness (QED) is 0.817. The van der Waals surface area contributed by atoms with E-state index in [1.54, 1.807) is 68.4 Å². The average Bonchev–Trinajstić information content (AvgIpc) is 2.60. The third-order valence-corrected chi connectivity index (χ3v) is 3.09. The Morgan fingerprint density at radius 1 is 0.880 bits per heavy atom. The molecule has 0 aliphatic rings. The molecule has 0 saturated carbocycles. The number of hydrogen-bond donors (Lipinski definition) is 1. The maximum absolute atomic E-state index is 11.8. The summed E-state index contributed by atoms with van der Waals surface area (Å²) in [6, 6.07) is 14.7. The summed E-state index contributed by atoms with van der Waals surface area (Å²) in [5, 5.41) is 2.59. The van der Waals surface area contributed by atoms with Crippen LogP contribution in [0.3, 0.4) is 0 Å². The van der Waals surface area contributed by atoms with E-state index in [1.165, 1.54) is 0 Å². The van der Waals surface area contributed by atoms with Crippen molar-refractivity contribution in [3.05, 3.63) is 65.7 Å². The van der Waals surface area contributed by atoms with Crippen LogP contribution < -0.4 is 5.32 Å². The molecule has 0 aromatic heterocycles. The van der Waals surface area contributed by atoms with Gasteiger partial charge in [-0.3, -0.25) is 4.79 Å². The smallest absolute Gasteiger partial charge is 0.338 e. The summed E-state index contributed by atoms with van der Waals surface area (Å²) < 4.78 is 10.0. The van der Waals surface area contributed by atoms with Gasteiger partial charge in [0.15, 0.2) is 6.61 Å². The summed E-state index contributed by atoms with van der Waals surface area (Å²) in [6.45, 7) is 3.14. The number of carbonyl (C=O) groups is 3. The largest absolute Gasteiger partial charge is 0.459 e. The molecule has 0 fully saturated rings. The van der Waals surface area contributed by atoms with Crippen molar-refractivity contribution in [2.24, 2.45) is 0 Å². The number of benzene rings is 2. The Labute approximate surface area is 145 Å². The predicted molar refractivity (Wildman–Crippen MR) is 92.3 cm³/mol. The summed E-state index contributed by atoms with van der Waals surface area (Å²) in [6.07, 6.45) is -0.203. The van der Waals surface area contributed by atoms with Crippen LogP contribution in [-0.2, 0) is 14.3 Å². The minimum absolute atomic E-state index is 0.203. The van der Waals surface area contributed by atoms with Crippen LogP contribution in [0.5, 0.6) is 0 Å². The molecule has 2 aromatic carbocycles. The second kappa shape index (κ2) is 8.63. The Morgan fingerprint density at radius 3 is 2.08 bits per heavy atom. The van der Waals surface area contributed by atoms with Crippen LogP contribution in [0, 0.1) is 0 Å². The van der Waals surface area contributed by atoms with Gasteiger partial charge >= 0.3 is 11.9 Å². The molecule has 0 atom stereocenters. The number of nitrogens with one attached hydrogen (secondary N) is 1. The molecule has 1 N–H and O–H groups in total. The predicted octanol–water partition coefficient (Wildman–Crippen LogP) is 3.05. The summed E-state index contributed by atoms with van der Waals surface area (Å²) in [4.78, 5) is 35.3. The monoisotopic (exact) mass is 341 g/mol. The van der Waals surface area contributed by atoms with Crippen molar-refractivity contribution < 1.29 is 23.9 Å². The minimum atomic E-state index is -0.567. The normalized spacial score (nSPS) is 10.2. The summed E-state index contributed by atoms with van der Waals surface area (Å²) in [5.41, 5.74) is 1.26. The number of rotatable bonds is 6. The van der Waals surface area contributed by atoms with Gasteiger partial charge in [-0.2, -0.15) is 0 Å². The third kappa shape index (κ3) is 5.76. The van der Waals surface area contributed by atoms with Gasteiger partial charge < -0.3 is 14.8 Å². The molecule has 0 spiro atoms. The lowest BCUT2D eigenvalue weighted by Gasteiger charge is -2.09. The first-order valence-electron chi connectivity index (χ1n) is 7.79. The lowest BCUT2D eigenvalue weighted by atomic mass is 10.2. The van der Waals surface area contributed by atoms with E-state index in [4.69, 9.17) is 9.47 Å². The first kappa shape index (κ1) is 18.2. The SMILES string of the molecule is CC(C)OC(=O)c1ccc(NC(=O)COC(=O)c2ccccc2)cc1. The first-order chi connectivity index (χ1) is 12.0. The van der Waals surface area contributed by atoms with Crippen LogP contribution >= 0.6 is 0 Å². The number of amides is 1. The Hall–Kier alpha value is -3.15. The number of carbonyl (C=O) groups excluding carboxylic acids is 3. The Kier molecular flexibility index (Phi) is 6.28. The third-order valence-electron chi connectivity index (χ3n) is 3.09. The fourth-order valence-electron chi connectivity index (χ4n) is 1.96. The van der Waals surface area contributed by atoms with Gasteiger partial charge in [-0.05, 0) is 50.2 Å². The standard InChI is InChI=1S/C19H19NO5/c1-13(2)25-19(23)15-8-10-16(11-9-15)20-17(21)12-24-18(22)14-6-4-3-5-7-14/h3-11,13H,12H2,1-2H3,(H,20,21). The second-order valence-corrected chi connectivity index (χ2v) is 5.52. The van der Waals surface area contributed by atoms with E-state index in [0.29, 0.717) is 16.8 Å². The van der Waals surface area contributed by atoms with Gasteiger partial charge in [-0.25, -0.2) is 9.59 Å². The van der Waals surface area contributed by atoms with E-state index in [0.717, 1.165) is 0 Å². The van der Waals surface area contributed by atoms with Crippen molar-refractivity contribution in [3.63, 3.8) is 0 Å². The highest BCUT2D eigenvalue weighted by Gasteiger charge is 2.11. The van der Waals surface area contributed by atoms with Crippen LogP contribution in [0.15, 0.2) is 54.6 Å². The highest BCUT2D eigenvalue weighted by atomic mass is 16.5. The molecule has 0 heterocycles. The molecule has 0 bridgehead atoms. The van der Waals surface area contributed by atoms with E-state index in [2.05, 4.69) is 5.32 Å². The highest BCUT2D eigenvalue weighted by Crippen LogP contribution is 2.11. The minimum Gasteiger partial charge on any atom is -0.459 e. The lowest BCUT2D eigenvalue weighted by Crippen LogP contribution is -2.21. The van der Waals surface area contributed by atoms with Gasteiger partial charge in [0.25, 0.3) is 5.91 Å². The number of hydrogen-bond acceptors (Lipinski definition) is 5. The summed E-state index contributed by atoms with van der Waals surface area (Å²) >= 11 is 0. The van der Waals surface area contributed by atoms with Crippen LogP contribution in [0.4, 0.5) is 5.69 Å². The van der Waals surface area contributed by atoms with Gasteiger partial charge in [-0.15, -0.1) is 0 Å². The van der Waals surface area contributed by atoms with E-state index in [-0.39, 0.29) is 6.10 Å². The van der Waals surface area contributed by atoms with Crippen molar-refractivity contribution in [1.29, 1.82) is 0 Å². The fraction of sp³-hybridized carbons (Fsp3) is 0.211. The number of anilines is 1. The molecule has 0 aliphatic heterocycles. The molecular weight excluding hydrogens is 322 g/mol. The maximum atomic E-state index is 11.8. The average molecular weight is 341 g/mol. The molecule has 6 nitrogen and oxygen atoms in total. The molecule has 6 heteroatoms. The highest BCUT2D eigenvalue weighted by molar-refractivity contribution is 5.96. The lowest BCUT2D eigenvalue weighted by molar-refractivity contribution is -0.119. The molecule has 130 valence electrons. The molecule has 2 rings (SSSR count). The van der Waals surface area contributed by atoms with Crippen molar-refractivity contribution in [3.8, 4) is 0 Å². The van der Waals surface area contributed by atoms with Crippen molar-refractivity contribution >= 4 is 23.5 Å². The summed E-state index contributed by atoms with van der Waals surface area (Å²) in [7, 11) is 0. The Balaban J connectivity index is 1.84. The number of ether oxygens (including phenoxy) is 2. The number of esters is 2. The molecule has 2 aromatic rings. The van der Waals surface area contributed by atoms with Crippen LogP contribution in [-0.4, -0.2) is 30.6 Å². The molecule has 1 amide bonds. The maximum Gasteiger partial charge on any atom is 0.338 e.